The van der Waals surface area contributed by atoms with Gasteiger partial charge in [0.05, 0.1) is 24.9 Å². The van der Waals surface area contributed by atoms with E-state index >= 15 is 0 Å². The summed E-state index contributed by atoms with van der Waals surface area (Å²) in [5, 5.41) is 16.5. The van der Waals surface area contributed by atoms with E-state index in [1.807, 2.05) is 6.07 Å². The van der Waals surface area contributed by atoms with Crippen LogP contribution in [0.2, 0.25) is 0 Å². The Morgan fingerprint density at radius 1 is 1.42 bits per heavy atom. The van der Waals surface area contributed by atoms with Gasteiger partial charge in [0.1, 0.15) is 11.3 Å². The highest BCUT2D eigenvalue weighted by Gasteiger charge is 2.36. The zero-order chi connectivity index (χ0) is 17.3. The van der Waals surface area contributed by atoms with Crippen LogP contribution in [0, 0.1) is 19.8 Å². The van der Waals surface area contributed by atoms with Crippen molar-refractivity contribution in [1.82, 2.24) is 15.5 Å². The van der Waals surface area contributed by atoms with Gasteiger partial charge in [0.2, 0.25) is 5.88 Å². The van der Waals surface area contributed by atoms with Crippen molar-refractivity contribution in [2.45, 2.75) is 38.8 Å². The summed E-state index contributed by atoms with van der Waals surface area (Å²) >= 11 is 0. The van der Waals surface area contributed by atoms with Crippen molar-refractivity contribution < 1.29 is 19.2 Å². The minimum Gasteiger partial charge on any atom is -0.481 e. The number of hydrogen-bond acceptors (Lipinski definition) is 6. The molecule has 24 heavy (non-hydrogen) atoms. The van der Waals surface area contributed by atoms with Crippen molar-refractivity contribution in [2.24, 2.45) is 5.92 Å². The number of aliphatic hydroxyl groups is 1. The molecular formula is C17H21N3O4. The highest BCUT2D eigenvalue weighted by Crippen LogP contribution is 2.38. The van der Waals surface area contributed by atoms with Crippen molar-refractivity contribution >= 4 is 5.91 Å². The molecule has 1 fully saturated rings. The lowest BCUT2D eigenvalue weighted by molar-refractivity contribution is 0.0234. The summed E-state index contributed by atoms with van der Waals surface area (Å²) in [5.41, 5.74) is 1.90. The van der Waals surface area contributed by atoms with Crippen LogP contribution in [0.5, 0.6) is 5.88 Å². The van der Waals surface area contributed by atoms with E-state index in [2.05, 4.69) is 15.5 Å². The molecule has 0 unspecified atom stereocenters. The molecule has 0 bridgehead atoms. The lowest BCUT2D eigenvalue weighted by Crippen LogP contribution is -2.41. The molecule has 0 saturated heterocycles. The lowest BCUT2D eigenvalue weighted by Gasteiger charge is -2.38. The summed E-state index contributed by atoms with van der Waals surface area (Å²) < 4.78 is 10.2. The molecule has 128 valence electrons. The van der Waals surface area contributed by atoms with E-state index in [9.17, 15) is 9.90 Å². The van der Waals surface area contributed by atoms with Crippen LogP contribution in [-0.4, -0.2) is 34.4 Å². The van der Waals surface area contributed by atoms with Crippen LogP contribution >= 0.6 is 0 Å². The van der Waals surface area contributed by atoms with Gasteiger partial charge in [-0.05, 0) is 38.2 Å². The third-order valence-electron chi connectivity index (χ3n) is 4.50. The first kappa shape index (κ1) is 16.4. The number of hydrogen-bond donors (Lipinski definition) is 2. The first-order valence-electron chi connectivity index (χ1n) is 7.91. The van der Waals surface area contributed by atoms with Gasteiger partial charge in [-0.2, -0.15) is 0 Å². The molecule has 0 aromatic carbocycles. The minimum atomic E-state index is -0.306. The Kier molecular flexibility index (Phi) is 4.53. The summed E-state index contributed by atoms with van der Waals surface area (Å²) in [6.45, 7) is 3.45. The first-order chi connectivity index (χ1) is 11.5. The number of nitrogens with one attached hydrogen (secondary N) is 1. The molecule has 0 radical (unpaired) electrons. The van der Waals surface area contributed by atoms with Crippen LogP contribution in [0.3, 0.4) is 0 Å². The monoisotopic (exact) mass is 331 g/mol. The van der Waals surface area contributed by atoms with Crippen molar-refractivity contribution in [3.8, 4) is 5.88 Å². The van der Waals surface area contributed by atoms with Crippen LogP contribution in [0.15, 0.2) is 22.9 Å². The fourth-order valence-electron chi connectivity index (χ4n) is 3.09. The normalized spacial score (nSPS) is 21.0. The number of carbonyl (C=O) groups is 1. The fraction of sp³-hybridized carbons (Fsp3) is 0.471. The van der Waals surface area contributed by atoms with Crippen molar-refractivity contribution in [1.29, 1.82) is 0 Å². The Labute approximate surface area is 140 Å². The average molecular weight is 331 g/mol. The third-order valence-corrected chi connectivity index (χ3v) is 4.50. The number of rotatable bonds is 5. The number of amides is 1. The quantitative estimate of drug-likeness (QED) is 0.869. The molecule has 7 nitrogen and oxygen atoms in total. The molecule has 1 atom stereocenters. The number of methoxy groups -OCH3 is 1. The van der Waals surface area contributed by atoms with Gasteiger partial charge in [-0.3, -0.25) is 4.79 Å². The Morgan fingerprint density at radius 2 is 2.17 bits per heavy atom. The smallest absolute Gasteiger partial charge is 0.257 e. The van der Waals surface area contributed by atoms with E-state index in [-0.39, 0.29) is 24.0 Å². The Balaban J connectivity index is 1.83. The van der Waals surface area contributed by atoms with Gasteiger partial charge in [0.15, 0.2) is 0 Å². The number of aromatic nitrogens is 2. The second kappa shape index (κ2) is 6.60. The number of nitrogens with zero attached hydrogens (tertiary/aromatic N) is 2. The van der Waals surface area contributed by atoms with Gasteiger partial charge in [-0.25, -0.2) is 4.98 Å². The molecule has 1 saturated carbocycles. The molecule has 2 aromatic heterocycles. The Bertz CT molecular complexity index is 700. The molecule has 0 aliphatic heterocycles. The van der Waals surface area contributed by atoms with E-state index in [0.717, 1.165) is 5.56 Å². The molecule has 1 aliphatic rings. The highest BCUT2D eigenvalue weighted by molar-refractivity contribution is 5.96. The molecule has 3 rings (SSSR count). The van der Waals surface area contributed by atoms with E-state index in [1.165, 1.54) is 0 Å². The zero-order valence-electron chi connectivity index (χ0n) is 13.9. The molecule has 0 spiro atoms. The van der Waals surface area contributed by atoms with Crippen molar-refractivity contribution in [3.63, 3.8) is 0 Å². The highest BCUT2D eigenvalue weighted by atomic mass is 16.5. The van der Waals surface area contributed by atoms with Crippen molar-refractivity contribution in [2.75, 3.05) is 7.11 Å². The second-order valence-corrected chi connectivity index (χ2v) is 6.17. The largest absolute Gasteiger partial charge is 0.481 e. The van der Waals surface area contributed by atoms with E-state index in [0.29, 0.717) is 35.7 Å². The maximum atomic E-state index is 12.7. The predicted molar refractivity (Wildman–Crippen MR) is 85.7 cm³/mol. The van der Waals surface area contributed by atoms with Crippen LogP contribution in [-0.2, 0) is 0 Å². The number of pyridine rings is 1. The van der Waals surface area contributed by atoms with E-state index < -0.39 is 0 Å². The van der Waals surface area contributed by atoms with E-state index in [4.69, 9.17) is 9.26 Å². The van der Waals surface area contributed by atoms with Crippen LogP contribution < -0.4 is 10.1 Å². The van der Waals surface area contributed by atoms with Gasteiger partial charge in [0, 0.05) is 12.3 Å². The summed E-state index contributed by atoms with van der Waals surface area (Å²) in [7, 11) is 1.56. The second-order valence-electron chi connectivity index (χ2n) is 6.17. The standard InChI is InChI=1S/C17H21N3O4/c1-9-15(10(2)24-20-9)17(22)19-16(12-6-13(21)7-12)11-4-5-14(23-3)18-8-11/h4-5,8,12-13,16,21H,6-7H2,1-3H3,(H,19,22)/t12?,13?,16-/m1/s1. The third kappa shape index (κ3) is 3.12. The fourth-order valence-corrected chi connectivity index (χ4v) is 3.09. The molecule has 2 N–H and O–H groups in total. The summed E-state index contributed by atoms with van der Waals surface area (Å²) in [6, 6.07) is 3.42. The molecular weight excluding hydrogens is 310 g/mol. The van der Waals surface area contributed by atoms with Crippen LogP contribution in [0.1, 0.15) is 46.3 Å². The predicted octanol–water partition coefficient (Wildman–Crippen LogP) is 1.94. The number of carbonyl (C=O) groups excluding carboxylic acids is 1. The van der Waals surface area contributed by atoms with Gasteiger partial charge in [-0.1, -0.05) is 11.2 Å². The Hall–Kier alpha value is -2.41. The van der Waals surface area contributed by atoms with Crippen molar-refractivity contribution in [3.05, 3.63) is 40.9 Å². The first-order valence-corrected chi connectivity index (χ1v) is 7.91. The average Bonchev–Trinajstić information content (AvgIpc) is 2.89. The summed E-state index contributed by atoms with van der Waals surface area (Å²) in [6.07, 6.45) is 2.69. The number of aryl methyl sites for hydroxylation is 2. The number of aliphatic hydroxyl groups excluding tert-OH is 1. The number of ether oxygens (including phenoxy) is 1. The molecule has 1 amide bonds. The minimum absolute atomic E-state index is 0.166. The molecule has 7 heteroatoms. The molecule has 1 aliphatic carbocycles. The maximum absolute atomic E-state index is 12.7. The van der Waals surface area contributed by atoms with Gasteiger partial charge >= 0.3 is 0 Å². The van der Waals surface area contributed by atoms with Crippen LogP contribution in [0.25, 0.3) is 0 Å². The lowest BCUT2D eigenvalue weighted by atomic mass is 9.75. The zero-order valence-corrected chi connectivity index (χ0v) is 13.9. The maximum Gasteiger partial charge on any atom is 0.257 e. The summed E-state index contributed by atoms with van der Waals surface area (Å²) in [5.74, 6) is 0.946. The molecule has 2 heterocycles. The van der Waals surface area contributed by atoms with Gasteiger partial charge in [0.25, 0.3) is 5.91 Å². The Morgan fingerprint density at radius 3 is 2.67 bits per heavy atom. The van der Waals surface area contributed by atoms with Gasteiger partial charge in [-0.15, -0.1) is 0 Å². The molecule has 2 aromatic rings. The van der Waals surface area contributed by atoms with Gasteiger partial charge < -0.3 is 19.7 Å². The van der Waals surface area contributed by atoms with Crippen LogP contribution in [0.4, 0.5) is 0 Å². The summed E-state index contributed by atoms with van der Waals surface area (Å²) in [4.78, 5) is 16.9. The topological polar surface area (TPSA) is 97.5 Å². The van der Waals surface area contributed by atoms with E-state index in [1.54, 1.807) is 33.2 Å². The SMILES string of the molecule is COc1ccc([C@@H](NC(=O)c2c(C)noc2C)C2CC(O)C2)cn1.